The summed E-state index contributed by atoms with van der Waals surface area (Å²) in [5.74, 6) is 0. The molecule has 0 aromatic carbocycles. The summed E-state index contributed by atoms with van der Waals surface area (Å²) in [6, 6.07) is 0. The zero-order valence-electron chi connectivity index (χ0n) is 34.6. The second-order valence-corrected chi connectivity index (χ2v) is 14.9. The molecule has 0 amide bonds. The Morgan fingerprint density at radius 3 is 1.53 bits per heavy atom. The number of hydrogen-bond acceptors (Lipinski definition) is 8. The third-order valence-electron chi connectivity index (χ3n) is 9.65. The maximum absolute atomic E-state index is 10.1. The Labute approximate surface area is 317 Å². The van der Waals surface area contributed by atoms with Crippen LogP contribution in [-0.4, -0.2) is 78.4 Å². The van der Waals surface area contributed by atoms with E-state index in [1.807, 2.05) is 14.1 Å². The summed E-state index contributed by atoms with van der Waals surface area (Å²) in [6.45, 7) is 6.66. The molecular formula is C43H90N2O6. The fraction of sp³-hybridized carbons (Fsp3) is 0.953. The molecule has 5 unspecified atom stereocenters. The molecule has 1 aliphatic heterocycles. The molecule has 0 saturated carbocycles. The summed E-state index contributed by atoms with van der Waals surface area (Å²) in [5, 5.41) is 41.5. The average molecular weight is 731 g/mol. The molecule has 0 bridgehead atoms. The van der Waals surface area contributed by atoms with Crippen LogP contribution in [0.1, 0.15) is 207 Å². The van der Waals surface area contributed by atoms with Crippen molar-refractivity contribution in [1.82, 2.24) is 5.32 Å². The van der Waals surface area contributed by atoms with Crippen molar-refractivity contribution in [2.45, 2.75) is 238 Å². The highest BCUT2D eigenvalue weighted by molar-refractivity contribution is 4.95. The minimum atomic E-state index is -1.09. The molecule has 1 rings (SSSR count). The van der Waals surface area contributed by atoms with Crippen LogP contribution >= 0.6 is 0 Å². The van der Waals surface area contributed by atoms with Crippen LogP contribution in [0.25, 0.3) is 0 Å². The molecule has 1 heterocycles. The van der Waals surface area contributed by atoms with Crippen LogP contribution < -0.4 is 11.1 Å². The zero-order chi connectivity index (χ0) is 38.2. The maximum Gasteiger partial charge on any atom is 0.160 e. The molecule has 1 saturated heterocycles. The van der Waals surface area contributed by atoms with Crippen LogP contribution in [0.2, 0.25) is 0 Å². The van der Waals surface area contributed by atoms with Gasteiger partial charge >= 0.3 is 0 Å². The quantitative estimate of drug-likeness (QED) is 0.0377. The highest BCUT2D eigenvalue weighted by Gasteiger charge is 2.36. The van der Waals surface area contributed by atoms with Crippen molar-refractivity contribution < 1.29 is 29.9 Å². The third kappa shape index (κ3) is 37.4. The van der Waals surface area contributed by atoms with Crippen molar-refractivity contribution in [2.24, 2.45) is 5.73 Å². The van der Waals surface area contributed by atoms with Gasteiger partial charge in [-0.05, 0) is 46.2 Å². The van der Waals surface area contributed by atoms with Crippen molar-refractivity contribution >= 4 is 0 Å². The monoisotopic (exact) mass is 731 g/mol. The van der Waals surface area contributed by atoms with Gasteiger partial charge in [-0.2, -0.15) is 0 Å². The Balaban J connectivity index is 0. The first-order chi connectivity index (χ1) is 24.8. The van der Waals surface area contributed by atoms with E-state index in [0.29, 0.717) is 13.0 Å². The summed E-state index contributed by atoms with van der Waals surface area (Å²) in [7, 11) is 3.75. The molecule has 5 atom stereocenters. The summed E-state index contributed by atoms with van der Waals surface area (Å²) >= 11 is 0. The molecule has 51 heavy (non-hydrogen) atoms. The molecule has 0 aliphatic carbocycles. The molecule has 0 spiro atoms. The van der Waals surface area contributed by atoms with E-state index < -0.39 is 24.6 Å². The zero-order valence-corrected chi connectivity index (χ0v) is 34.6. The SMILES string of the molecule is CCC=C(N)CCCCCCCCCCCCC.CCCCCCCCCCCCCCCC(O)CCOC1CC(O)C(O)C(CO)O1.CNC. The standard InChI is InChI=1S/C24H48O6.C17H35N.C2H7N/c1-2-3-4-5-6-7-8-9-10-11-12-13-14-15-20(26)16-17-29-23-18-21(27)24(28)22(19-25)30-23;1-3-5-6-7-8-9-10-11-12-13-14-16-17(18)15-4-2;1-3-2/h20-28H,2-19H2,1H3;15H,3-14,16,18H2,1-2H3;3H,1-2H3. The van der Waals surface area contributed by atoms with E-state index in [2.05, 4.69) is 32.2 Å². The average Bonchev–Trinajstić information content (AvgIpc) is 3.11. The predicted molar refractivity (Wildman–Crippen MR) is 218 cm³/mol. The molecule has 308 valence electrons. The lowest BCUT2D eigenvalue weighted by atomic mass is 10.0. The van der Waals surface area contributed by atoms with Crippen molar-refractivity contribution in [3.8, 4) is 0 Å². The predicted octanol–water partition coefficient (Wildman–Crippen LogP) is 9.84. The normalized spacial score (nSPS) is 19.6. The number of ether oxygens (including phenoxy) is 2. The van der Waals surface area contributed by atoms with Gasteiger partial charge in [-0.3, -0.25) is 0 Å². The van der Waals surface area contributed by atoms with Gasteiger partial charge in [0.25, 0.3) is 0 Å². The Bertz CT molecular complexity index is 697. The van der Waals surface area contributed by atoms with Crippen molar-refractivity contribution in [1.29, 1.82) is 0 Å². The molecule has 0 radical (unpaired) electrons. The first-order valence-electron chi connectivity index (χ1n) is 21.8. The van der Waals surface area contributed by atoms with E-state index in [4.69, 9.17) is 20.3 Å². The van der Waals surface area contributed by atoms with Crippen molar-refractivity contribution in [3.63, 3.8) is 0 Å². The highest BCUT2D eigenvalue weighted by atomic mass is 16.7. The number of rotatable bonds is 32. The fourth-order valence-electron chi connectivity index (χ4n) is 6.41. The minimum absolute atomic E-state index is 0.173. The number of allylic oxidation sites excluding steroid dienone is 2. The van der Waals surface area contributed by atoms with Gasteiger partial charge < -0.3 is 41.0 Å². The molecule has 1 aliphatic rings. The smallest absolute Gasteiger partial charge is 0.160 e. The number of aliphatic hydroxyl groups excluding tert-OH is 4. The molecular weight excluding hydrogens is 640 g/mol. The van der Waals surface area contributed by atoms with Gasteiger partial charge in [0.1, 0.15) is 12.2 Å². The Hall–Kier alpha value is -0.740. The number of unbranched alkanes of at least 4 members (excludes halogenated alkanes) is 22. The summed E-state index contributed by atoms with van der Waals surface area (Å²) in [4.78, 5) is 0. The molecule has 0 aromatic heterocycles. The molecule has 8 nitrogen and oxygen atoms in total. The molecule has 8 heteroatoms. The topological polar surface area (TPSA) is 137 Å². The van der Waals surface area contributed by atoms with E-state index in [1.54, 1.807) is 0 Å². The van der Waals surface area contributed by atoms with E-state index in [-0.39, 0.29) is 19.1 Å². The Morgan fingerprint density at radius 2 is 1.12 bits per heavy atom. The van der Waals surface area contributed by atoms with Crippen molar-refractivity contribution in [3.05, 3.63) is 11.8 Å². The molecule has 1 fully saturated rings. The third-order valence-corrected chi connectivity index (χ3v) is 9.65. The van der Waals surface area contributed by atoms with E-state index in [1.165, 1.54) is 148 Å². The lowest BCUT2D eigenvalue weighted by molar-refractivity contribution is -0.257. The second kappa shape index (κ2) is 42.0. The highest BCUT2D eigenvalue weighted by Crippen LogP contribution is 2.22. The van der Waals surface area contributed by atoms with Gasteiger partial charge in [0, 0.05) is 12.1 Å². The summed E-state index contributed by atoms with van der Waals surface area (Å²) in [5.41, 5.74) is 6.96. The van der Waals surface area contributed by atoms with Crippen LogP contribution in [0.15, 0.2) is 11.8 Å². The largest absolute Gasteiger partial charge is 0.402 e. The fourth-order valence-corrected chi connectivity index (χ4v) is 6.41. The lowest BCUT2D eigenvalue weighted by Crippen LogP contribution is -2.50. The molecule has 0 aromatic rings. The number of nitrogens with one attached hydrogen (secondary N) is 1. The van der Waals surface area contributed by atoms with E-state index in [9.17, 15) is 15.3 Å². The van der Waals surface area contributed by atoms with Gasteiger partial charge in [0.05, 0.1) is 25.4 Å². The van der Waals surface area contributed by atoms with Crippen LogP contribution in [0.5, 0.6) is 0 Å². The van der Waals surface area contributed by atoms with Gasteiger partial charge in [0.2, 0.25) is 0 Å². The van der Waals surface area contributed by atoms with Gasteiger partial charge in [-0.15, -0.1) is 0 Å². The van der Waals surface area contributed by atoms with Crippen LogP contribution in [0.3, 0.4) is 0 Å². The first-order valence-corrected chi connectivity index (χ1v) is 21.8. The second-order valence-electron chi connectivity index (χ2n) is 14.9. The van der Waals surface area contributed by atoms with E-state index in [0.717, 1.165) is 31.4 Å². The molecule has 7 N–H and O–H groups in total. The Kier molecular flexibility index (Phi) is 43.1. The number of hydrogen-bond donors (Lipinski definition) is 6. The summed E-state index contributed by atoms with van der Waals surface area (Å²) < 4.78 is 11.0. The van der Waals surface area contributed by atoms with Gasteiger partial charge in [0.15, 0.2) is 6.29 Å². The van der Waals surface area contributed by atoms with Crippen molar-refractivity contribution in [2.75, 3.05) is 27.3 Å². The van der Waals surface area contributed by atoms with Crippen LogP contribution in [0, 0.1) is 0 Å². The first kappa shape index (κ1) is 52.4. The summed E-state index contributed by atoms with van der Waals surface area (Å²) in [6.07, 6.45) is 34.5. The Morgan fingerprint density at radius 1 is 0.706 bits per heavy atom. The van der Waals surface area contributed by atoms with Crippen LogP contribution in [-0.2, 0) is 9.47 Å². The van der Waals surface area contributed by atoms with Crippen LogP contribution in [0.4, 0.5) is 0 Å². The van der Waals surface area contributed by atoms with Gasteiger partial charge in [-0.25, -0.2) is 0 Å². The lowest BCUT2D eigenvalue weighted by Gasteiger charge is -2.36. The minimum Gasteiger partial charge on any atom is -0.402 e. The number of nitrogens with two attached hydrogens (primary N) is 1. The maximum atomic E-state index is 10.1. The van der Waals surface area contributed by atoms with E-state index >= 15 is 0 Å². The number of aliphatic hydroxyl groups is 4. The van der Waals surface area contributed by atoms with Gasteiger partial charge in [-0.1, -0.05) is 175 Å².